The second kappa shape index (κ2) is 6.37. The number of aliphatic hydroxyl groups is 1. The summed E-state index contributed by atoms with van der Waals surface area (Å²) in [6.07, 6.45) is 4.05. The molecule has 1 unspecified atom stereocenters. The van der Waals surface area contributed by atoms with Gasteiger partial charge in [0.1, 0.15) is 5.82 Å². The maximum atomic E-state index is 13.0. The lowest BCUT2D eigenvalue weighted by atomic mass is 9.98. The molecular weight excluding hydrogens is 269 g/mol. The summed E-state index contributed by atoms with van der Waals surface area (Å²) < 4.78 is 13.0. The van der Waals surface area contributed by atoms with Crippen LogP contribution in [0.25, 0.3) is 11.3 Å². The Balaban J connectivity index is 1.75. The van der Waals surface area contributed by atoms with Gasteiger partial charge in [0, 0.05) is 30.8 Å². The quantitative estimate of drug-likeness (QED) is 0.909. The Bertz CT molecular complexity index is 581. The molecule has 2 aromatic rings. The van der Waals surface area contributed by atoms with Gasteiger partial charge in [-0.05, 0) is 49.6 Å². The number of aromatic nitrogens is 2. The molecule has 5 heteroatoms. The standard InChI is InChI=1S/C16H20FN3O/c17-15-5-3-13(4-6-15)16-14(8-18-19-16)10-20-7-1-2-12(9-20)11-21/h3-6,8,12,21H,1-2,7,9-11H2,(H,18,19). The third-order valence-corrected chi connectivity index (χ3v) is 4.11. The first-order chi connectivity index (χ1) is 10.3. The number of aromatic amines is 1. The van der Waals surface area contributed by atoms with Crippen molar-refractivity contribution in [2.45, 2.75) is 19.4 Å². The Morgan fingerprint density at radius 3 is 2.90 bits per heavy atom. The van der Waals surface area contributed by atoms with Gasteiger partial charge in [-0.1, -0.05) is 0 Å². The SMILES string of the molecule is OCC1CCCN(Cc2cn[nH]c2-c2ccc(F)cc2)C1. The summed E-state index contributed by atoms with van der Waals surface area (Å²) in [4.78, 5) is 2.35. The molecule has 1 fully saturated rings. The van der Waals surface area contributed by atoms with Crippen LogP contribution in [0, 0.1) is 11.7 Å². The van der Waals surface area contributed by atoms with Gasteiger partial charge in [-0.15, -0.1) is 0 Å². The van der Waals surface area contributed by atoms with Crippen molar-refractivity contribution in [1.29, 1.82) is 0 Å². The van der Waals surface area contributed by atoms with Gasteiger partial charge in [0.2, 0.25) is 0 Å². The summed E-state index contributed by atoms with van der Waals surface area (Å²) in [5.41, 5.74) is 3.00. The van der Waals surface area contributed by atoms with Crippen LogP contribution in [0.5, 0.6) is 0 Å². The molecule has 1 aliphatic heterocycles. The molecule has 4 nitrogen and oxygen atoms in total. The van der Waals surface area contributed by atoms with Gasteiger partial charge in [-0.2, -0.15) is 5.10 Å². The monoisotopic (exact) mass is 289 g/mol. The Morgan fingerprint density at radius 2 is 2.14 bits per heavy atom. The highest BCUT2D eigenvalue weighted by molar-refractivity contribution is 5.62. The van der Waals surface area contributed by atoms with E-state index in [9.17, 15) is 9.50 Å². The minimum atomic E-state index is -0.235. The van der Waals surface area contributed by atoms with E-state index in [2.05, 4.69) is 15.1 Å². The van der Waals surface area contributed by atoms with Crippen molar-refractivity contribution >= 4 is 0 Å². The average molecular weight is 289 g/mol. The zero-order valence-electron chi connectivity index (χ0n) is 11.9. The summed E-state index contributed by atoms with van der Waals surface area (Å²) >= 11 is 0. The number of nitrogens with one attached hydrogen (secondary N) is 1. The van der Waals surface area contributed by atoms with Crippen LogP contribution in [0.15, 0.2) is 30.5 Å². The Labute approximate surface area is 123 Å². The molecule has 0 bridgehead atoms. The number of likely N-dealkylation sites (tertiary alicyclic amines) is 1. The first kappa shape index (κ1) is 14.2. The molecule has 1 saturated heterocycles. The molecule has 21 heavy (non-hydrogen) atoms. The summed E-state index contributed by atoms with van der Waals surface area (Å²) in [6.45, 7) is 3.03. The lowest BCUT2D eigenvalue weighted by Gasteiger charge is -2.31. The molecule has 0 spiro atoms. The van der Waals surface area contributed by atoms with E-state index >= 15 is 0 Å². The second-order valence-electron chi connectivity index (χ2n) is 5.70. The van der Waals surface area contributed by atoms with Crippen molar-refractivity contribution in [2.75, 3.05) is 19.7 Å². The Morgan fingerprint density at radius 1 is 1.33 bits per heavy atom. The van der Waals surface area contributed by atoms with E-state index in [1.807, 2.05) is 6.20 Å². The number of aliphatic hydroxyl groups excluding tert-OH is 1. The molecule has 0 amide bonds. The number of halogens is 1. The first-order valence-electron chi connectivity index (χ1n) is 7.37. The number of rotatable bonds is 4. The summed E-state index contributed by atoms with van der Waals surface area (Å²) in [5.74, 6) is 0.140. The fourth-order valence-corrected chi connectivity index (χ4v) is 2.98. The van der Waals surface area contributed by atoms with E-state index < -0.39 is 0 Å². The predicted octanol–water partition coefficient (Wildman–Crippen LogP) is 2.42. The molecular formula is C16H20FN3O. The first-order valence-corrected chi connectivity index (χ1v) is 7.37. The highest BCUT2D eigenvalue weighted by Crippen LogP contribution is 2.24. The van der Waals surface area contributed by atoms with Crippen LogP contribution < -0.4 is 0 Å². The van der Waals surface area contributed by atoms with Gasteiger partial charge >= 0.3 is 0 Å². The van der Waals surface area contributed by atoms with Crippen LogP contribution in [0.2, 0.25) is 0 Å². The van der Waals surface area contributed by atoms with Gasteiger partial charge < -0.3 is 5.11 Å². The second-order valence-corrected chi connectivity index (χ2v) is 5.70. The maximum absolute atomic E-state index is 13.0. The summed E-state index contributed by atoms with van der Waals surface area (Å²) in [5, 5.41) is 16.5. The molecule has 0 aliphatic carbocycles. The van der Waals surface area contributed by atoms with E-state index in [-0.39, 0.29) is 12.4 Å². The van der Waals surface area contributed by atoms with Crippen LogP contribution in [0.3, 0.4) is 0 Å². The zero-order chi connectivity index (χ0) is 14.7. The van der Waals surface area contributed by atoms with Crippen LogP contribution >= 0.6 is 0 Å². The number of benzene rings is 1. The molecule has 1 atom stereocenters. The van der Waals surface area contributed by atoms with Gasteiger partial charge in [-0.3, -0.25) is 10.00 Å². The number of H-pyrrole nitrogens is 1. The van der Waals surface area contributed by atoms with Crippen LogP contribution in [0.1, 0.15) is 18.4 Å². The van der Waals surface area contributed by atoms with E-state index in [1.54, 1.807) is 12.1 Å². The molecule has 0 saturated carbocycles. The molecule has 0 radical (unpaired) electrons. The molecule has 3 rings (SSSR count). The molecule has 1 aliphatic rings. The largest absolute Gasteiger partial charge is 0.396 e. The van der Waals surface area contributed by atoms with Crippen molar-refractivity contribution < 1.29 is 9.50 Å². The van der Waals surface area contributed by atoms with Gasteiger partial charge in [0.15, 0.2) is 0 Å². The lowest BCUT2D eigenvalue weighted by molar-refractivity contribution is 0.116. The minimum absolute atomic E-state index is 0.235. The minimum Gasteiger partial charge on any atom is -0.396 e. The van der Waals surface area contributed by atoms with Crippen LogP contribution in [-0.4, -0.2) is 39.9 Å². The highest BCUT2D eigenvalue weighted by atomic mass is 19.1. The normalized spacial score (nSPS) is 19.8. The smallest absolute Gasteiger partial charge is 0.123 e. The third kappa shape index (κ3) is 3.31. The number of hydrogen-bond acceptors (Lipinski definition) is 3. The highest BCUT2D eigenvalue weighted by Gasteiger charge is 2.20. The molecule has 2 N–H and O–H groups in total. The van der Waals surface area contributed by atoms with Crippen molar-refractivity contribution in [1.82, 2.24) is 15.1 Å². The lowest BCUT2D eigenvalue weighted by Crippen LogP contribution is -2.36. The predicted molar refractivity (Wildman–Crippen MR) is 79.1 cm³/mol. The topological polar surface area (TPSA) is 52.1 Å². The number of piperidine rings is 1. The van der Waals surface area contributed by atoms with Crippen molar-refractivity contribution in [2.24, 2.45) is 5.92 Å². The summed E-state index contributed by atoms with van der Waals surface area (Å²) in [7, 11) is 0. The van der Waals surface area contributed by atoms with Crippen molar-refractivity contribution in [3.05, 3.63) is 41.8 Å². The van der Waals surface area contributed by atoms with E-state index in [0.717, 1.165) is 49.3 Å². The number of hydrogen-bond donors (Lipinski definition) is 2. The van der Waals surface area contributed by atoms with Gasteiger partial charge in [0.25, 0.3) is 0 Å². The zero-order valence-corrected chi connectivity index (χ0v) is 11.9. The average Bonchev–Trinajstić information content (AvgIpc) is 2.96. The van der Waals surface area contributed by atoms with E-state index in [0.29, 0.717) is 5.92 Å². The molecule has 1 aromatic carbocycles. The maximum Gasteiger partial charge on any atom is 0.123 e. The molecule has 112 valence electrons. The summed E-state index contributed by atoms with van der Waals surface area (Å²) in [6, 6.07) is 6.45. The van der Waals surface area contributed by atoms with Gasteiger partial charge in [-0.25, -0.2) is 4.39 Å². The third-order valence-electron chi connectivity index (χ3n) is 4.11. The Hall–Kier alpha value is -1.72. The Kier molecular flexibility index (Phi) is 4.31. The number of nitrogens with zero attached hydrogens (tertiary/aromatic N) is 2. The van der Waals surface area contributed by atoms with E-state index in [4.69, 9.17) is 0 Å². The van der Waals surface area contributed by atoms with Gasteiger partial charge in [0.05, 0.1) is 11.9 Å². The fourth-order valence-electron chi connectivity index (χ4n) is 2.98. The van der Waals surface area contributed by atoms with Crippen LogP contribution in [-0.2, 0) is 6.54 Å². The molecule has 2 heterocycles. The fraction of sp³-hybridized carbons (Fsp3) is 0.438. The molecule has 1 aromatic heterocycles. The van der Waals surface area contributed by atoms with Crippen molar-refractivity contribution in [3.63, 3.8) is 0 Å². The van der Waals surface area contributed by atoms with E-state index in [1.165, 1.54) is 12.1 Å². The van der Waals surface area contributed by atoms with Crippen molar-refractivity contribution in [3.8, 4) is 11.3 Å². The van der Waals surface area contributed by atoms with Crippen LogP contribution in [0.4, 0.5) is 4.39 Å².